The van der Waals surface area contributed by atoms with Gasteiger partial charge in [0.25, 0.3) is 0 Å². The van der Waals surface area contributed by atoms with E-state index in [0.29, 0.717) is 0 Å². The molecule has 1 aliphatic rings. The Labute approximate surface area is 96.6 Å². The average molecular weight is 225 g/mol. The van der Waals surface area contributed by atoms with Crippen molar-refractivity contribution < 1.29 is 4.79 Å². The predicted octanol–water partition coefficient (Wildman–Crippen LogP) is 2.19. The highest BCUT2D eigenvalue weighted by molar-refractivity contribution is 8.01. The molecule has 1 amide bonds. The van der Waals surface area contributed by atoms with Crippen LogP contribution in [0.3, 0.4) is 0 Å². The summed E-state index contributed by atoms with van der Waals surface area (Å²) in [5.74, 6) is 3.91. The zero-order valence-electron chi connectivity index (χ0n) is 9.34. The standard InChI is InChI=1S/C12H19NOS/c1-3-4-5-6-9-13-11(14)12(2)8-7-10-15-12/h1H,4-10H2,2H3,(H,13,14). The Morgan fingerprint density at radius 1 is 1.60 bits per heavy atom. The number of terminal acetylenes is 1. The number of rotatable bonds is 5. The number of unbranched alkanes of at least 4 members (excludes halogenated alkanes) is 2. The number of nitrogens with one attached hydrogen (secondary N) is 1. The molecule has 84 valence electrons. The first kappa shape index (κ1) is 12.4. The van der Waals surface area contributed by atoms with Crippen LogP contribution in [0.1, 0.15) is 39.0 Å². The van der Waals surface area contributed by atoms with Gasteiger partial charge in [0.1, 0.15) is 0 Å². The van der Waals surface area contributed by atoms with Gasteiger partial charge in [0, 0.05) is 13.0 Å². The van der Waals surface area contributed by atoms with Gasteiger partial charge in [-0.25, -0.2) is 0 Å². The van der Waals surface area contributed by atoms with Crippen molar-refractivity contribution in [3.05, 3.63) is 0 Å². The van der Waals surface area contributed by atoms with Crippen LogP contribution in [0.15, 0.2) is 0 Å². The summed E-state index contributed by atoms with van der Waals surface area (Å²) in [5, 5.41) is 3.00. The Balaban J connectivity index is 2.16. The minimum Gasteiger partial charge on any atom is -0.355 e. The molecule has 1 saturated heterocycles. The van der Waals surface area contributed by atoms with Gasteiger partial charge in [0.15, 0.2) is 0 Å². The zero-order valence-corrected chi connectivity index (χ0v) is 10.2. The van der Waals surface area contributed by atoms with Crippen LogP contribution in [-0.2, 0) is 4.79 Å². The highest BCUT2D eigenvalue weighted by Crippen LogP contribution is 2.37. The molecule has 1 heterocycles. The van der Waals surface area contributed by atoms with E-state index in [9.17, 15) is 4.79 Å². The molecular weight excluding hydrogens is 206 g/mol. The summed E-state index contributed by atoms with van der Waals surface area (Å²) in [6.07, 6.45) is 10.1. The molecule has 0 aliphatic carbocycles. The van der Waals surface area contributed by atoms with Crippen molar-refractivity contribution in [3.63, 3.8) is 0 Å². The van der Waals surface area contributed by atoms with Crippen molar-refractivity contribution >= 4 is 17.7 Å². The van der Waals surface area contributed by atoms with E-state index < -0.39 is 0 Å². The van der Waals surface area contributed by atoms with E-state index >= 15 is 0 Å². The lowest BCUT2D eigenvalue weighted by Gasteiger charge is -2.21. The lowest BCUT2D eigenvalue weighted by molar-refractivity contribution is -0.123. The van der Waals surface area contributed by atoms with Gasteiger partial charge in [0.2, 0.25) is 5.91 Å². The zero-order chi connectivity index (χ0) is 11.1. The van der Waals surface area contributed by atoms with Gasteiger partial charge in [-0.1, -0.05) is 0 Å². The van der Waals surface area contributed by atoms with Crippen LogP contribution in [0.5, 0.6) is 0 Å². The van der Waals surface area contributed by atoms with Crippen LogP contribution in [-0.4, -0.2) is 23.0 Å². The topological polar surface area (TPSA) is 29.1 Å². The second-order valence-corrected chi connectivity index (χ2v) is 5.70. The molecular formula is C12H19NOS. The summed E-state index contributed by atoms with van der Waals surface area (Å²) < 4.78 is -0.174. The Hall–Kier alpha value is -0.620. The summed E-state index contributed by atoms with van der Waals surface area (Å²) in [4.78, 5) is 11.8. The van der Waals surface area contributed by atoms with E-state index in [1.54, 1.807) is 11.8 Å². The molecule has 0 aromatic rings. The third-order valence-corrected chi connectivity index (χ3v) is 4.25. The number of carbonyl (C=O) groups is 1. The van der Waals surface area contributed by atoms with E-state index in [1.807, 2.05) is 6.92 Å². The third kappa shape index (κ3) is 3.79. The summed E-state index contributed by atoms with van der Waals surface area (Å²) in [6, 6.07) is 0. The number of thioether (sulfide) groups is 1. The maximum atomic E-state index is 11.8. The smallest absolute Gasteiger partial charge is 0.235 e. The molecule has 1 rings (SSSR count). The van der Waals surface area contributed by atoms with Crippen LogP contribution in [0.2, 0.25) is 0 Å². The predicted molar refractivity (Wildman–Crippen MR) is 65.8 cm³/mol. The lowest BCUT2D eigenvalue weighted by atomic mass is 10.0. The van der Waals surface area contributed by atoms with Crippen molar-refractivity contribution in [2.75, 3.05) is 12.3 Å². The number of hydrogen-bond acceptors (Lipinski definition) is 2. The minimum absolute atomic E-state index is 0.174. The molecule has 1 aliphatic heterocycles. The van der Waals surface area contributed by atoms with Gasteiger partial charge >= 0.3 is 0 Å². The molecule has 0 bridgehead atoms. The molecule has 3 heteroatoms. The second-order valence-electron chi connectivity index (χ2n) is 4.10. The van der Waals surface area contributed by atoms with Crippen LogP contribution in [0.25, 0.3) is 0 Å². The molecule has 0 saturated carbocycles. The highest BCUT2D eigenvalue weighted by Gasteiger charge is 2.36. The maximum absolute atomic E-state index is 11.8. The molecule has 1 N–H and O–H groups in total. The molecule has 0 aromatic carbocycles. The van der Waals surface area contributed by atoms with E-state index in [-0.39, 0.29) is 10.7 Å². The van der Waals surface area contributed by atoms with Crippen molar-refractivity contribution in [1.29, 1.82) is 0 Å². The minimum atomic E-state index is -0.174. The first-order valence-electron chi connectivity index (χ1n) is 5.55. The molecule has 1 fully saturated rings. The van der Waals surface area contributed by atoms with Crippen LogP contribution < -0.4 is 5.32 Å². The summed E-state index contributed by atoms with van der Waals surface area (Å²) >= 11 is 1.78. The second kappa shape index (κ2) is 6.07. The van der Waals surface area contributed by atoms with Crippen molar-refractivity contribution in [1.82, 2.24) is 5.32 Å². The SMILES string of the molecule is C#CCCCCNC(=O)C1(C)CCCS1. The van der Waals surface area contributed by atoms with E-state index in [2.05, 4.69) is 11.2 Å². The number of amides is 1. The van der Waals surface area contributed by atoms with Crippen LogP contribution in [0.4, 0.5) is 0 Å². The quantitative estimate of drug-likeness (QED) is 0.574. The molecule has 0 radical (unpaired) electrons. The number of carbonyl (C=O) groups excluding carboxylic acids is 1. The van der Waals surface area contributed by atoms with Gasteiger partial charge in [0.05, 0.1) is 4.75 Å². The summed E-state index contributed by atoms with van der Waals surface area (Å²) in [7, 11) is 0. The lowest BCUT2D eigenvalue weighted by Crippen LogP contribution is -2.40. The van der Waals surface area contributed by atoms with Crippen LogP contribution >= 0.6 is 11.8 Å². The fourth-order valence-electron chi connectivity index (χ4n) is 1.70. The normalized spacial score (nSPS) is 24.8. The van der Waals surface area contributed by atoms with E-state index in [1.165, 1.54) is 0 Å². The Morgan fingerprint density at radius 3 is 3.00 bits per heavy atom. The first-order chi connectivity index (χ1) is 7.19. The molecule has 15 heavy (non-hydrogen) atoms. The summed E-state index contributed by atoms with van der Waals surface area (Å²) in [6.45, 7) is 2.80. The molecule has 2 nitrogen and oxygen atoms in total. The maximum Gasteiger partial charge on any atom is 0.235 e. The van der Waals surface area contributed by atoms with Gasteiger partial charge in [-0.2, -0.15) is 0 Å². The fraction of sp³-hybridized carbons (Fsp3) is 0.750. The van der Waals surface area contributed by atoms with Crippen molar-refractivity contribution in [3.8, 4) is 12.3 Å². The monoisotopic (exact) mass is 225 g/mol. The molecule has 0 spiro atoms. The van der Waals surface area contributed by atoms with Gasteiger partial charge in [-0.3, -0.25) is 4.79 Å². The van der Waals surface area contributed by atoms with E-state index in [0.717, 1.165) is 44.4 Å². The summed E-state index contributed by atoms with van der Waals surface area (Å²) in [5.41, 5.74) is 0. The average Bonchev–Trinajstić information content (AvgIpc) is 2.66. The molecule has 1 atom stereocenters. The molecule has 0 aromatic heterocycles. The third-order valence-electron chi connectivity index (χ3n) is 2.73. The van der Waals surface area contributed by atoms with Gasteiger partial charge < -0.3 is 5.32 Å². The first-order valence-corrected chi connectivity index (χ1v) is 6.53. The Kier molecular flexibility index (Phi) is 5.04. The van der Waals surface area contributed by atoms with Gasteiger partial charge in [-0.05, 0) is 38.4 Å². The largest absolute Gasteiger partial charge is 0.355 e. The van der Waals surface area contributed by atoms with Crippen LogP contribution in [0, 0.1) is 12.3 Å². The van der Waals surface area contributed by atoms with Crippen molar-refractivity contribution in [2.45, 2.75) is 43.8 Å². The fourth-order valence-corrected chi connectivity index (χ4v) is 2.93. The molecule has 1 unspecified atom stereocenters. The number of hydrogen-bond donors (Lipinski definition) is 1. The van der Waals surface area contributed by atoms with Gasteiger partial charge in [-0.15, -0.1) is 24.1 Å². The Bertz CT molecular complexity index is 251. The van der Waals surface area contributed by atoms with Crippen molar-refractivity contribution in [2.24, 2.45) is 0 Å². The highest BCUT2D eigenvalue weighted by atomic mass is 32.2. The van der Waals surface area contributed by atoms with E-state index in [4.69, 9.17) is 6.42 Å². The Morgan fingerprint density at radius 2 is 2.40 bits per heavy atom.